The van der Waals surface area contributed by atoms with Gasteiger partial charge in [0.2, 0.25) is 5.65 Å². The summed E-state index contributed by atoms with van der Waals surface area (Å²) in [6.45, 7) is 4.50. The van der Waals surface area contributed by atoms with Gasteiger partial charge in [-0.05, 0) is 19.8 Å². The van der Waals surface area contributed by atoms with Crippen molar-refractivity contribution in [1.82, 2.24) is 24.9 Å². The van der Waals surface area contributed by atoms with Gasteiger partial charge in [-0.1, -0.05) is 0 Å². The van der Waals surface area contributed by atoms with Crippen LogP contribution >= 0.6 is 0 Å². The zero-order valence-corrected chi connectivity index (χ0v) is 19.1. The van der Waals surface area contributed by atoms with Gasteiger partial charge in [-0.15, -0.1) is 10.2 Å². The molecule has 1 aromatic carbocycles. The Bertz CT molecular complexity index is 1070. The van der Waals surface area contributed by atoms with Gasteiger partial charge in [-0.3, -0.25) is 4.40 Å². The molecule has 33 heavy (non-hydrogen) atoms. The quantitative estimate of drug-likeness (QED) is 0.305. The number of hydrogen-bond acceptors (Lipinski definition) is 9. The van der Waals surface area contributed by atoms with Gasteiger partial charge < -0.3 is 34.7 Å². The second-order valence-electron chi connectivity index (χ2n) is 7.20. The number of rotatable bonds is 14. The highest BCUT2D eigenvalue weighted by atomic mass is 16.5. The van der Waals surface area contributed by atoms with E-state index < -0.39 is 6.09 Å². The Balaban J connectivity index is 1.89. The second-order valence-corrected chi connectivity index (χ2v) is 7.20. The van der Waals surface area contributed by atoms with Crippen LogP contribution in [-0.2, 0) is 9.47 Å². The molecular formula is C21H30N6O6. The Kier molecular flexibility index (Phi) is 8.84. The monoisotopic (exact) mass is 462 g/mol. The number of nitrogens with zero attached hydrogens (tertiary/aromatic N) is 4. The van der Waals surface area contributed by atoms with Crippen LogP contribution in [-0.4, -0.2) is 84.5 Å². The highest BCUT2D eigenvalue weighted by Gasteiger charge is 2.17. The number of methoxy groups -OCH3 is 2. The van der Waals surface area contributed by atoms with E-state index in [4.69, 9.17) is 29.0 Å². The van der Waals surface area contributed by atoms with Crippen LogP contribution in [0.25, 0.3) is 16.7 Å². The molecule has 1 amide bonds. The van der Waals surface area contributed by atoms with E-state index in [1.165, 1.54) is 0 Å². The Morgan fingerprint density at radius 2 is 1.67 bits per heavy atom. The van der Waals surface area contributed by atoms with Crippen LogP contribution in [0.2, 0.25) is 0 Å². The highest BCUT2D eigenvalue weighted by Crippen LogP contribution is 2.34. The number of ether oxygens (including phenoxy) is 4. The first kappa shape index (κ1) is 24.3. The Morgan fingerprint density at radius 1 is 1.00 bits per heavy atom. The van der Waals surface area contributed by atoms with E-state index in [1.807, 2.05) is 23.5 Å². The normalized spacial score (nSPS) is 11.1. The van der Waals surface area contributed by atoms with Crippen LogP contribution in [0.4, 0.5) is 10.6 Å². The fourth-order valence-corrected chi connectivity index (χ4v) is 3.25. The van der Waals surface area contributed by atoms with Gasteiger partial charge in [0.25, 0.3) is 0 Å². The molecule has 0 spiro atoms. The van der Waals surface area contributed by atoms with Crippen LogP contribution in [0, 0.1) is 6.92 Å². The zero-order valence-electron chi connectivity index (χ0n) is 19.1. The lowest BCUT2D eigenvalue weighted by Gasteiger charge is -2.15. The third-order valence-corrected chi connectivity index (χ3v) is 4.81. The predicted octanol–water partition coefficient (Wildman–Crippen LogP) is 2.10. The van der Waals surface area contributed by atoms with Crippen molar-refractivity contribution in [3.05, 3.63) is 18.0 Å². The molecule has 3 N–H and O–H groups in total. The first-order chi connectivity index (χ1) is 16.0. The van der Waals surface area contributed by atoms with E-state index in [2.05, 4.69) is 20.8 Å². The number of fused-ring (bicyclic) bond motifs is 3. The van der Waals surface area contributed by atoms with Crippen molar-refractivity contribution in [2.45, 2.75) is 19.8 Å². The molecule has 0 aliphatic heterocycles. The first-order valence-electron chi connectivity index (χ1n) is 10.7. The van der Waals surface area contributed by atoms with E-state index in [1.54, 1.807) is 14.2 Å². The van der Waals surface area contributed by atoms with Crippen molar-refractivity contribution in [3.63, 3.8) is 0 Å². The summed E-state index contributed by atoms with van der Waals surface area (Å²) < 4.78 is 23.9. The SMILES string of the molecule is COCCOc1cc2nc(NCCCCNC(=O)O)c3nnc(C)n3c2cc1OCCOC. The molecule has 0 unspecified atom stereocenters. The van der Waals surface area contributed by atoms with Gasteiger partial charge in [-0.25, -0.2) is 9.78 Å². The summed E-state index contributed by atoms with van der Waals surface area (Å²) in [4.78, 5) is 15.3. The topological polar surface area (TPSA) is 141 Å². The number of unbranched alkanes of at least 4 members (excludes halogenated alkanes) is 1. The molecule has 0 saturated carbocycles. The fraction of sp³-hybridized carbons (Fsp3) is 0.524. The molecule has 0 atom stereocenters. The molecule has 180 valence electrons. The maximum atomic E-state index is 10.5. The minimum absolute atomic E-state index is 0.367. The van der Waals surface area contributed by atoms with Gasteiger partial charge >= 0.3 is 6.09 Å². The number of nitrogens with one attached hydrogen (secondary N) is 2. The number of aromatic nitrogens is 4. The molecule has 2 aromatic heterocycles. The lowest BCUT2D eigenvalue weighted by atomic mass is 10.2. The van der Waals surface area contributed by atoms with Gasteiger partial charge in [0.1, 0.15) is 19.0 Å². The molecule has 3 aromatic rings. The Labute approximate surface area is 191 Å². The summed E-state index contributed by atoms with van der Waals surface area (Å²) in [7, 11) is 3.23. The standard InChI is InChI=1S/C21H30N6O6/c1-14-25-26-20-19(22-6-4-5-7-23-21(28)29)24-15-12-17(32-10-8-30-2)18(33-11-9-31-3)13-16(15)27(14)20/h12-13,23H,4-11H2,1-3H3,(H,22,24)(H,28,29). The van der Waals surface area contributed by atoms with Crippen LogP contribution in [0.3, 0.4) is 0 Å². The summed E-state index contributed by atoms with van der Waals surface area (Å²) >= 11 is 0. The van der Waals surface area contributed by atoms with Crippen LogP contribution in [0.15, 0.2) is 12.1 Å². The number of benzene rings is 1. The summed E-state index contributed by atoms with van der Waals surface area (Å²) in [5.74, 6) is 2.42. The summed E-state index contributed by atoms with van der Waals surface area (Å²) in [5.41, 5.74) is 2.07. The highest BCUT2D eigenvalue weighted by molar-refractivity contribution is 5.85. The molecule has 2 heterocycles. The Morgan fingerprint density at radius 3 is 2.33 bits per heavy atom. The molecular weight excluding hydrogens is 432 g/mol. The van der Waals surface area contributed by atoms with Crippen LogP contribution < -0.4 is 20.1 Å². The van der Waals surface area contributed by atoms with Crippen molar-refractivity contribution in [2.24, 2.45) is 0 Å². The maximum Gasteiger partial charge on any atom is 0.404 e. The lowest BCUT2D eigenvalue weighted by Crippen LogP contribution is -2.22. The third-order valence-electron chi connectivity index (χ3n) is 4.81. The summed E-state index contributed by atoms with van der Waals surface area (Å²) in [6, 6.07) is 3.69. The number of carboxylic acid groups (broad SMARTS) is 1. The molecule has 0 aliphatic carbocycles. The lowest BCUT2D eigenvalue weighted by molar-refractivity contribution is 0.132. The van der Waals surface area contributed by atoms with Crippen molar-refractivity contribution >= 4 is 28.6 Å². The largest absolute Gasteiger partial charge is 0.487 e. The first-order valence-corrected chi connectivity index (χ1v) is 10.7. The summed E-state index contributed by atoms with van der Waals surface area (Å²) in [6.07, 6.45) is 0.444. The number of anilines is 1. The van der Waals surface area contributed by atoms with Gasteiger partial charge in [0, 0.05) is 39.4 Å². The molecule has 0 fully saturated rings. The minimum Gasteiger partial charge on any atom is -0.487 e. The molecule has 0 radical (unpaired) electrons. The average molecular weight is 463 g/mol. The molecule has 0 aliphatic rings. The number of amides is 1. The van der Waals surface area contributed by atoms with Gasteiger partial charge in [0.15, 0.2) is 17.3 Å². The van der Waals surface area contributed by atoms with E-state index in [9.17, 15) is 4.79 Å². The van der Waals surface area contributed by atoms with E-state index in [0.717, 1.165) is 11.9 Å². The second kappa shape index (κ2) is 12.0. The maximum absolute atomic E-state index is 10.5. The average Bonchev–Trinajstić information content (AvgIpc) is 3.18. The third kappa shape index (κ3) is 6.33. The summed E-state index contributed by atoms with van der Waals surface area (Å²) in [5, 5.41) is 22.8. The number of aryl methyl sites for hydroxylation is 1. The van der Waals surface area contributed by atoms with Crippen molar-refractivity contribution < 1.29 is 28.8 Å². The zero-order chi connectivity index (χ0) is 23.6. The van der Waals surface area contributed by atoms with Crippen molar-refractivity contribution in [2.75, 3.05) is 59.1 Å². The van der Waals surface area contributed by atoms with E-state index >= 15 is 0 Å². The molecule has 0 saturated heterocycles. The number of hydrogen-bond donors (Lipinski definition) is 3. The number of carbonyl (C=O) groups is 1. The van der Waals surface area contributed by atoms with Gasteiger partial charge in [-0.2, -0.15) is 0 Å². The molecule has 12 heteroatoms. The molecule has 3 rings (SSSR count). The van der Waals surface area contributed by atoms with Gasteiger partial charge in [0.05, 0.1) is 24.2 Å². The van der Waals surface area contributed by atoms with E-state index in [0.29, 0.717) is 80.2 Å². The smallest absolute Gasteiger partial charge is 0.404 e. The molecule has 0 bridgehead atoms. The van der Waals surface area contributed by atoms with Crippen LogP contribution in [0.1, 0.15) is 18.7 Å². The minimum atomic E-state index is -1.02. The van der Waals surface area contributed by atoms with Crippen LogP contribution in [0.5, 0.6) is 11.5 Å². The predicted molar refractivity (Wildman–Crippen MR) is 122 cm³/mol. The molecule has 12 nitrogen and oxygen atoms in total. The van der Waals surface area contributed by atoms with Crippen molar-refractivity contribution in [1.29, 1.82) is 0 Å². The fourth-order valence-electron chi connectivity index (χ4n) is 3.25. The Hall–Kier alpha value is -3.38. The van der Waals surface area contributed by atoms with Crippen molar-refractivity contribution in [3.8, 4) is 11.5 Å². The van der Waals surface area contributed by atoms with E-state index in [-0.39, 0.29) is 0 Å².